The van der Waals surface area contributed by atoms with Crippen LogP contribution in [0.2, 0.25) is 0 Å². The van der Waals surface area contributed by atoms with E-state index in [9.17, 15) is 8.42 Å². The van der Waals surface area contributed by atoms with Crippen molar-refractivity contribution >= 4 is 15.7 Å². The minimum atomic E-state index is -3.67. The SMILES string of the molecule is CC[C@@H](C)c1ccc(S(=O)(=O)Nc2cccc(-c3nnnn3C3CC3)c2)cc1. The highest BCUT2D eigenvalue weighted by molar-refractivity contribution is 7.92. The molecule has 2 aromatic carbocycles. The second kappa shape index (κ2) is 7.35. The van der Waals surface area contributed by atoms with Crippen LogP contribution in [0.3, 0.4) is 0 Å². The van der Waals surface area contributed by atoms with Crippen LogP contribution >= 0.6 is 0 Å². The first-order chi connectivity index (χ1) is 13.5. The molecule has 146 valence electrons. The van der Waals surface area contributed by atoms with Crippen LogP contribution < -0.4 is 4.72 Å². The van der Waals surface area contributed by atoms with Crippen LogP contribution in [0.15, 0.2) is 53.4 Å². The number of tetrazole rings is 1. The second-order valence-electron chi connectivity index (χ2n) is 7.24. The fourth-order valence-electron chi connectivity index (χ4n) is 3.10. The topological polar surface area (TPSA) is 89.8 Å². The molecule has 1 heterocycles. The zero-order chi connectivity index (χ0) is 19.7. The number of sulfonamides is 1. The van der Waals surface area contributed by atoms with Gasteiger partial charge in [0.2, 0.25) is 0 Å². The number of rotatable bonds is 7. The average molecular weight is 398 g/mol. The van der Waals surface area contributed by atoms with Crippen LogP contribution in [-0.4, -0.2) is 28.6 Å². The lowest BCUT2D eigenvalue weighted by molar-refractivity contribution is 0.601. The molecule has 7 nitrogen and oxygen atoms in total. The highest BCUT2D eigenvalue weighted by Crippen LogP contribution is 2.37. The van der Waals surface area contributed by atoms with E-state index in [-0.39, 0.29) is 4.90 Å². The van der Waals surface area contributed by atoms with Crippen LogP contribution in [0.25, 0.3) is 11.4 Å². The Hall–Kier alpha value is -2.74. The van der Waals surface area contributed by atoms with E-state index in [0.717, 1.165) is 30.4 Å². The lowest BCUT2D eigenvalue weighted by atomic mass is 9.99. The number of nitrogens with one attached hydrogen (secondary N) is 1. The number of hydrogen-bond acceptors (Lipinski definition) is 5. The van der Waals surface area contributed by atoms with Gasteiger partial charge in [-0.2, -0.15) is 0 Å². The molecular weight excluding hydrogens is 374 g/mol. The number of nitrogens with zero attached hydrogens (tertiary/aromatic N) is 4. The molecular formula is C20H23N5O2S. The van der Waals surface area contributed by atoms with Crippen LogP contribution in [0.4, 0.5) is 5.69 Å². The highest BCUT2D eigenvalue weighted by atomic mass is 32.2. The van der Waals surface area contributed by atoms with Gasteiger partial charge in [-0.15, -0.1) is 5.10 Å². The molecule has 28 heavy (non-hydrogen) atoms. The number of hydrogen-bond donors (Lipinski definition) is 1. The number of anilines is 1. The predicted octanol–water partition coefficient (Wildman–Crippen LogP) is 3.99. The Morgan fingerprint density at radius 2 is 1.93 bits per heavy atom. The summed E-state index contributed by atoms with van der Waals surface area (Å²) in [7, 11) is -3.67. The lowest BCUT2D eigenvalue weighted by Crippen LogP contribution is -2.13. The molecule has 1 aliphatic carbocycles. The van der Waals surface area contributed by atoms with Crippen molar-refractivity contribution in [1.82, 2.24) is 20.2 Å². The van der Waals surface area contributed by atoms with Gasteiger partial charge in [0.1, 0.15) is 0 Å². The largest absolute Gasteiger partial charge is 0.280 e. The summed E-state index contributed by atoms with van der Waals surface area (Å²) in [5.74, 6) is 1.06. The van der Waals surface area contributed by atoms with Crippen molar-refractivity contribution in [2.75, 3.05) is 4.72 Å². The Bertz CT molecular complexity index is 1070. The first kappa shape index (κ1) is 18.6. The summed E-state index contributed by atoms with van der Waals surface area (Å²) in [6.07, 6.45) is 3.14. The molecule has 0 spiro atoms. The molecule has 0 unspecified atom stereocenters. The predicted molar refractivity (Wildman–Crippen MR) is 107 cm³/mol. The molecule has 1 N–H and O–H groups in total. The summed E-state index contributed by atoms with van der Waals surface area (Å²) in [5, 5.41) is 11.9. The van der Waals surface area contributed by atoms with Gasteiger partial charge in [0.05, 0.1) is 10.9 Å². The van der Waals surface area contributed by atoms with Gasteiger partial charge in [0.15, 0.2) is 5.82 Å². The third-order valence-corrected chi connectivity index (χ3v) is 6.53. The molecule has 0 amide bonds. The van der Waals surface area contributed by atoms with Crippen molar-refractivity contribution in [3.8, 4) is 11.4 Å². The molecule has 1 atom stereocenters. The summed E-state index contributed by atoms with van der Waals surface area (Å²) in [6, 6.07) is 14.6. The summed E-state index contributed by atoms with van der Waals surface area (Å²) in [5.41, 5.74) is 2.40. The van der Waals surface area contributed by atoms with Crippen molar-refractivity contribution in [3.05, 3.63) is 54.1 Å². The van der Waals surface area contributed by atoms with Gasteiger partial charge >= 0.3 is 0 Å². The van der Waals surface area contributed by atoms with E-state index in [1.165, 1.54) is 0 Å². The van der Waals surface area contributed by atoms with Gasteiger partial charge in [-0.05, 0) is 65.4 Å². The molecule has 8 heteroatoms. The summed E-state index contributed by atoms with van der Waals surface area (Å²) >= 11 is 0. The van der Waals surface area contributed by atoms with Crippen molar-refractivity contribution in [1.29, 1.82) is 0 Å². The fraction of sp³-hybridized carbons (Fsp3) is 0.350. The van der Waals surface area contributed by atoms with Crippen molar-refractivity contribution in [3.63, 3.8) is 0 Å². The normalized spacial score (nSPS) is 15.4. The Morgan fingerprint density at radius 1 is 1.18 bits per heavy atom. The molecule has 1 saturated carbocycles. The third kappa shape index (κ3) is 3.77. The Kier molecular flexibility index (Phi) is 4.89. The highest BCUT2D eigenvalue weighted by Gasteiger charge is 2.28. The van der Waals surface area contributed by atoms with Gasteiger partial charge < -0.3 is 0 Å². The molecule has 1 fully saturated rings. The zero-order valence-electron chi connectivity index (χ0n) is 15.9. The Balaban J connectivity index is 1.57. The second-order valence-corrected chi connectivity index (χ2v) is 8.93. The van der Waals surface area contributed by atoms with Crippen molar-refractivity contribution in [2.24, 2.45) is 0 Å². The van der Waals surface area contributed by atoms with Gasteiger partial charge in [0, 0.05) is 11.3 Å². The third-order valence-electron chi connectivity index (χ3n) is 5.13. The Morgan fingerprint density at radius 3 is 2.61 bits per heavy atom. The number of benzene rings is 2. The summed E-state index contributed by atoms with van der Waals surface area (Å²) < 4.78 is 30.0. The Labute approximate surface area is 164 Å². The first-order valence-electron chi connectivity index (χ1n) is 9.49. The van der Waals surface area contributed by atoms with Gasteiger partial charge in [-0.1, -0.05) is 38.1 Å². The minimum Gasteiger partial charge on any atom is -0.280 e. The first-order valence-corrected chi connectivity index (χ1v) is 11.0. The average Bonchev–Trinajstić information content (AvgIpc) is 3.43. The molecule has 0 aliphatic heterocycles. The molecule has 0 bridgehead atoms. The van der Waals surface area contributed by atoms with E-state index >= 15 is 0 Å². The number of aromatic nitrogens is 4. The molecule has 0 saturated heterocycles. The fourth-order valence-corrected chi connectivity index (χ4v) is 4.15. The summed E-state index contributed by atoms with van der Waals surface area (Å²) in [6.45, 7) is 4.24. The van der Waals surface area contributed by atoms with E-state index in [0.29, 0.717) is 23.5 Å². The molecule has 0 radical (unpaired) electrons. The van der Waals surface area contributed by atoms with Crippen LogP contribution in [0, 0.1) is 0 Å². The molecule has 4 rings (SSSR count). The van der Waals surface area contributed by atoms with E-state index in [4.69, 9.17) is 0 Å². The van der Waals surface area contributed by atoms with Crippen LogP contribution in [-0.2, 0) is 10.0 Å². The van der Waals surface area contributed by atoms with Gasteiger partial charge in [-0.25, -0.2) is 13.1 Å². The van der Waals surface area contributed by atoms with E-state index < -0.39 is 10.0 Å². The smallest absolute Gasteiger partial charge is 0.261 e. The van der Waals surface area contributed by atoms with E-state index in [2.05, 4.69) is 34.1 Å². The van der Waals surface area contributed by atoms with Crippen molar-refractivity contribution in [2.45, 2.75) is 50.0 Å². The molecule has 3 aromatic rings. The maximum absolute atomic E-state index is 12.8. The van der Waals surface area contributed by atoms with Crippen LogP contribution in [0.1, 0.15) is 50.6 Å². The summed E-state index contributed by atoms with van der Waals surface area (Å²) in [4.78, 5) is 0.243. The quantitative estimate of drug-likeness (QED) is 0.651. The maximum atomic E-state index is 12.8. The molecule has 1 aliphatic rings. The van der Waals surface area contributed by atoms with Crippen molar-refractivity contribution < 1.29 is 8.42 Å². The van der Waals surface area contributed by atoms with Gasteiger partial charge in [-0.3, -0.25) is 4.72 Å². The molecule has 1 aromatic heterocycles. The van der Waals surface area contributed by atoms with E-state index in [1.54, 1.807) is 35.0 Å². The maximum Gasteiger partial charge on any atom is 0.261 e. The zero-order valence-corrected chi connectivity index (χ0v) is 16.7. The van der Waals surface area contributed by atoms with E-state index in [1.807, 2.05) is 18.2 Å². The minimum absolute atomic E-state index is 0.243. The van der Waals surface area contributed by atoms with Gasteiger partial charge in [0.25, 0.3) is 10.0 Å². The monoisotopic (exact) mass is 397 g/mol. The standard InChI is InChI=1S/C20H23N5O2S/c1-3-14(2)15-7-11-19(12-8-15)28(26,27)22-17-6-4-5-16(13-17)20-21-23-24-25(20)18-9-10-18/h4-8,11-14,18,22H,3,9-10H2,1-2H3/t14-/m1/s1. The van der Waals surface area contributed by atoms with Crippen LogP contribution in [0.5, 0.6) is 0 Å². The lowest BCUT2D eigenvalue weighted by Gasteiger charge is -2.12.